The van der Waals surface area contributed by atoms with Crippen molar-refractivity contribution in [3.05, 3.63) is 41.0 Å². The molecule has 0 spiro atoms. The monoisotopic (exact) mass is 328 g/mol. The van der Waals surface area contributed by atoms with Crippen molar-refractivity contribution in [2.24, 2.45) is 0 Å². The van der Waals surface area contributed by atoms with Crippen molar-refractivity contribution < 1.29 is 27.1 Å². The van der Waals surface area contributed by atoms with Crippen LogP contribution in [0.1, 0.15) is 35.6 Å². The summed E-state index contributed by atoms with van der Waals surface area (Å²) in [5.41, 5.74) is -2.62. The van der Waals surface area contributed by atoms with Crippen molar-refractivity contribution in [2.45, 2.75) is 20.0 Å². The van der Waals surface area contributed by atoms with Gasteiger partial charge in [-0.05, 0) is 32.1 Å². The second-order valence-electron chi connectivity index (χ2n) is 4.50. The van der Waals surface area contributed by atoms with E-state index < -0.39 is 29.2 Å². The molecule has 23 heavy (non-hydrogen) atoms. The van der Waals surface area contributed by atoms with Crippen molar-refractivity contribution >= 4 is 23.1 Å². The van der Waals surface area contributed by atoms with Crippen LogP contribution in [0.4, 0.5) is 17.6 Å². The maximum absolute atomic E-state index is 13.8. The first-order valence-electron chi connectivity index (χ1n) is 6.66. The largest absolute Gasteiger partial charge is 0.462 e. The summed E-state index contributed by atoms with van der Waals surface area (Å²) >= 11 is 0. The fourth-order valence-electron chi connectivity index (χ4n) is 1.95. The Morgan fingerprint density at radius 1 is 1.30 bits per heavy atom. The van der Waals surface area contributed by atoms with Crippen LogP contribution in [0.3, 0.4) is 0 Å². The topological polar surface area (TPSA) is 52.1 Å². The lowest BCUT2D eigenvalue weighted by Gasteiger charge is -2.12. The molecule has 0 aliphatic heterocycles. The average molecular weight is 328 g/mol. The Kier molecular flexibility index (Phi) is 4.63. The zero-order valence-corrected chi connectivity index (χ0v) is 12.2. The minimum absolute atomic E-state index is 0.0215. The van der Waals surface area contributed by atoms with Crippen LogP contribution in [-0.2, 0) is 10.9 Å². The van der Waals surface area contributed by atoms with E-state index in [9.17, 15) is 22.4 Å². The van der Waals surface area contributed by atoms with Gasteiger partial charge in [0.1, 0.15) is 11.5 Å². The molecule has 8 heteroatoms. The summed E-state index contributed by atoms with van der Waals surface area (Å²) in [6.45, 7) is 2.98. The maximum Gasteiger partial charge on any atom is 0.434 e. The summed E-state index contributed by atoms with van der Waals surface area (Å²) in [6.07, 6.45) is -2.06. The third-order valence-corrected chi connectivity index (χ3v) is 2.87. The zero-order chi connectivity index (χ0) is 17.2. The Labute approximate surface area is 128 Å². The number of carbonyl (C=O) groups excluding carboxylic acids is 1. The smallest absolute Gasteiger partial charge is 0.434 e. The van der Waals surface area contributed by atoms with Gasteiger partial charge in [-0.2, -0.15) is 13.2 Å². The Balaban J connectivity index is 2.75. The number of carbonyl (C=O) groups is 1. The van der Waals surface area contributed by atoms with Crippen LogP contribution in [-0.4, -0.2) is 22.5 Å². The third-order valence-electron chi connectivity index (χ3n) is 2.87. The first kappa shape index (κ1) is 16.9. The van der Waals surface area contributed by atoms with E-state index >= 15 is 0 Å². The van der Waals surface area contributed by atoms with E-state index in [4.69, 9.17) is 0 Å². The number of nitrogens with zero attached hydrogens (tertiary/aromatic N) is 2. The van der Waals surface area contributed by atoms with Gasteiger partial charge in [0.15, 0.2) is 11.3 Å². The van der Waals surface area contributed by atoms with Gasteiger partial charge < -0.3 is 4.74 Å². The van der Waals surface area contributed by atoms with Crippen LogP contribution < -0.4 is 0 Å². The number of pyridine rings is 2. The number of aromatic nitrogens is 2. The Morgan fingerprint density at radius 3 is 2.57 bits per heavy atom. The number of allylic oxidation sites excluding steroid dienone is 1. The predicted octanol–water partition coefficient (Wildman–Crippen LogP) is 4.00. The molecule has 4 nitrogen and oxygen atoms in total. The van der Waals surface area contributed by atoms with Gasteiger partial charge in [0, 0.05) is 5.39 Å². The summed E-state index contributed by atoms with van der Waals surface area (Å²) in [5, 5.41) is -0.0215. The van der Waals surface area contributed by atoms with Crippen molar-refractivity contribution in [2.75, 3.05) is 6.61 Å². The molecule has 0 amide bonds. The van der Waals surface area contributed by atoms with E-state index in [2.05, 4.69) is 14.7 Å². The van der Waals surface area contributed by atoms with Gasteiger partial charge in [0.2, 0.25) is 0 Å². The van der Waals surface area contributed by atoms with Gasteiger partial charge in [0.25, 0.3) is 0 Å². The maximum atomic E-state index is 13.8. The molecule has 0 N–H and O–H groups in total. The van der Waals surface area contributed by atoms with E-state index in [1.165, 1.54) is 19.1 Å². The fourth-order valence-corrected chi connectivity index (χ4v) is 1.95. The molecule has 0 aromatic carbocycles. The predicted molar refractivity (Wildman–Crippen MR) is 75.2 cm³/mol. The Bertz CT molecular complexity index is 785. The minimum atomic E-state index is -4.87. The number of rotatable bonds is 3. The molecule has 0 saturated carbocycles. The second-order valence-corrected chi connectivity index (χ2v) is 4.50. The number of hydrogen-bond acceptors (Lipinski definition) is 4. The van der Waals surface area contributed by atoms with Crippen molar-refractivity contribution in [1.29, 1.82) is 0 Å². The van der Waals surface area contributed by atoms with Gasteiger partial charge in [0.05, 0.1) is 12.2 Å². The summed E-state index contributed by atoms with van der Waals surface area (Å²) < 4.78 is 57.8. The first-order chi connectivity index (χ1) is 10.8. The van der Waals surface area contributed by atoms with Crippen LogP contribution in [0.2, 0.25) is 0 Å². The molecule has 0 aliphatic carbocycles. The summed E-state index contributed by atoms with van der Waals surface area (Å²) in [5.74, 6) is -1.90. The van der Waals surface area contributed by atoms with Crippen LogP contribution in [0.15, 0.2) is 18.2 Å². The fraction of sp³-hybridized carbons (Fsp3) is 0.267. The molecule has 0 radical (unpaired) electrons. The second kappa shape index (κ2) is 6.31. The van der Waals surface area contributed by atoms with E-state index in [1.807, 2.05) is 0 Å². The molecule has 0 aliphatic rings. The lowest BCUT2D eigenvalue weighted by molar-refractivity contribution is -0.141. The van der Waals surface area contributed by atoms with Gasteiger partial charge in [-0.3, -0.25) is 0 Å². The molecule has 2 rings (SSSR count). The van der Waals surface area contributed by atoms with E-state index in [1.54, 1.807) is 6.92 Å². The normalized spacial score (nSPS) is 12.1. The van der Waals surface area contributed by atoms with Crippen LogP contribution in [0.25, 0.3) is 17.1 Å². The number of alkyl halides is 3. The lowest BCUT2D eigenvalue weighted by atomic mass is 10.1. The number of hydrogen-bond donors (Lipinski definition) is 0. The molecule has 0 fully saturated rings. The summed E-state index contributed by atoms with van der Waals surface area (Å²) in [4.78, 5) is 18.9. The zero-order valence-electron chi connectivity index (χ0n) is 12.2. The number of esters is 1. The van der Waals surface area contributed by atoms with Crippen molar-refractivity contribution in [3.63, 3.8) is 0 Å². The highest BCUT2D eigenvalue weighted by Gasteiger charge is 2.38. The van der Waals surface area contributed by atoms with Crippen LogP contribution >= 0.6 is 0 Å². The molecule has 0 saturated heterocycles. The molecule has 0 bridgehead atoms. The van der Waals surface area contributed by atoms with Crippen LogP contribution in [0, 0.1) is 5.82 Å². The van der Waals surface area contributed by atoms with Gasteiger partial charge in [-0.1, -0.05) is 6.08 Å². The molecular formula is C15H12F4N2O2. The SMILES string of the molecule is C/C=C/c1nc2nc(C(F)(F)F)c(C(=O)OCC)cc2cc1F. The highest BCUT2D eigenvalue weighted by Crippen LogP contribution is 2.32. The minimum Gasteiger partial charge on any atom is -0.462 e. The average Bonchev–Trinajstić information content (AvgIpc) is 2.46. The van der Waals surface area contributed by atoms with E-state index in [0.29, 0.717) is 0 Å². The first-order valence-corrected chi connectivity index (χ1v) is 6.66. The lowest BCUT2D eigenvalue weighted by Crippen LogP contribution is -2.17. The molecule has 122 valence electrons. The highest BCUT2D eigenvalue weighted by molar-refractivity contribution is 5.95. The number of fused-ring (bicyclic) bond motifs is 1. The van der Waals surface area contributed by atoms with Crippen molar-refractivity contribution in [3.8, 4) is 0 Å². The Hall–Kier alpha value is -2.51. The standard InChI is InChI=1S/C15H12F4N2O2/c1-3-5-11-10(16)7-8-6-9(14(22)23-4-2)12(15(17,18)19)21-13(8)20-11/h3,5-7H,4H2,1-2H3/b5-3+. The quantitative estimate of drug-likeness (QED) is 0.631. The number of halogens is 4. The van der Waals surface area contributed by atoms with Crippen LogP contribution in [0.5, 0.6) is 0 Å². The van der Waals surface area contributed by atoms with Crippen molar-refractivity contribution in [1.82, 2.24) is 9.97 Å². The molecule has 0 atom stereocenters. The van der Waals surface area contributed by atoms with E-state index in [-0.39, 0.29) is 23.3 Å². The van der Waals surface area contributed by atoms with Gasteiger partial charge in [-0.25, -0.2) is 19.2 Å². The van der Waals surface area contributed by atoms with Gasteiger partial charge >= 0.3 is 12.1 Å². The highest BCUT2D eigenvalue weighted by atomic mass is 19.4. The third kappa shape index (κ3) is 3.46. The summed E-state index contributed by atoms with van der Waals surface area (Å²) in [6, 6.07) is 1.87. The Morgan fingerprint density at radius 2 is 2.00 bits per heavy atom. The summed E-state index contributed by atoms with van der Waals surface area (Å²) in [7, 11) is 0. The van der Waals surface area contributed by atoms with E-state index in [0.717, 1.165) is 12.1 Å². The molecule has 2 aromatic rings. The molecule has 2 aromatic heterocycles. The van der Waals surface area contributed by atoms with Gasteiger partial charge in [-0.15, -0.1) is 0 Å². The molecular weight excluding hydrogens is 316 g/mol. The molecule has 0 unspecified atom stereocenters. The number of ether oxygens (including phenoxy) is 1. The molecule has 2 heterocycles.